The van der Waals surface area contributed by atoms with E-state index in [4.69, 9.17) is 9.47 Å². The lowest BCUT2D eigenvalue weighted by molar-refractivity contribution is -0.155. The molecule has 0 saturated carbocycles. The number of rotatable bonds is 7. The van der Waals surface area contributed by atoms with Gasteiger partial charge < -0.3 is 19.3 Å². The molecular formula is C27H30F3N5O4. The Kier molecular flexibility index (Phi) is 7.34. The second kappa shape index (κ2) is 10.6. The first-order valence-corrected chi connectivity index (χ1v) is 12.7. The van der Waals surface area contributed by atoms with E-state index in [1.165, 1.54) is 23.0 Å². The third-order valence-electron chi connectivity index (χ3n) is 7.85. The summed E-state index contributed by atoms with van der Waals surface area (Å²) < 4.78 is 53.8. The van der Waals surface area contributed by atoms with Gasteiger partial charge in [0.1, 0.15) is 29.2 Å². The van der Waals surface area contributed by atoms with Crippen molar-refractivity contribution in [3.05, 3.63) is 63.5 Å². The number of pyridine rings is 1. The number of likely N-dealkylation sites (tertiary alicyclic amines) is 1. The number of aromatic nitrogens is 3. The van der Waals surface area contributed by atoms with Crippen molar-refractivity contribution in [2.45, 2.75) is 31.4 Å². The van der Waals surface area contributed by atoms with Crippen molar-refractivity contribution in [1.29, 1.82) is 0 Å². The molecule has 0 radical (unpaired) electrons. The van der Waals surface area contributed by atoms with Crippen molar-refractivity contribution in [1.82, 2.24) is 19.4 Å². The molecule has 0 bridgehead atoms. The summed E-state index contributed by atoms with van der Waals surface area (Å²) in [5.74, 6) is -0.616. The first-order valence-electron chi connectivity index (χ1n) is 12.7. The SMILES string of the molecule is COC1(c2cc3c(N(C)Cc4cccc(C(F)F)c4F)ncnc3n(C)c2=O)CCN(C(=O)C2COC2)CC1. The molecule has 0 spiro atoms. The summed E-state index contributed by atoms with van der Waals surface area (Å²) in [6.07, 6.45) is -0.775. The van der Waals surface area contributed by atoms with Gasteiger partial charge >= 0.3 is 0 Å². The molecule has 2 aliphatic rings. The fourth-order valence-electron chi connectivity index (χ4n) is 5.42. The number of carbonyl (C=O) groups is 1. The Morgan fingerprint density at radius 3 is 2.59 bits per heavy atom. The van der Waals surface area contributed by atoms with Crippen molar-refractivity contribution >= 4 is 22.8 Å². The lowest BCUT2D eigenvalue weighted by Gasteiger charge is -2.42. The predicted octanol–water partition coefficient (Wildman–Crippen LogP) is 3.15. The molecule has 2 saturated heterocycles. The average molecular weight is 546 g/mol. The minimum Gasteiger partial charge on any atom is -0.380 e. The van der Waals surface area contributed by atoms with Gasteiger partial charge in [0.25, 0.3) is 12.0 Å². The highest BCUT2D eigenvalue weighted by Gasteiger charge is 2.42. The van der Waals surface area contributed by atoms with Gasteiger partial charge in [-0.1, -0.05) is 18.2 Å². The number of carbonyl (C=O) groups excluding carboxylic acids is 1. The number of methoxy groups -OCH3 is 1. The van der Waals surface area contributed by atoms with Gasteiger partial charge in [-0.25, -0.2) is 23.1 Å². The van der Waals surface area contributed by atoms with Crippen LogP contribution in [0.15, 0.2) is 35.4 Å². The van der Waals surface area contributed by atoms with Crippen LogP contribution in [0.5, 0.6) is 0 Å². The monoisotopic (exact) mass is 545 g/mol. The van der Waals surface area contributed by atoms with E-state index < -0.39 is 23.4 Å². The summed E-state index contributed by atoms with van der Waals surface area (Å²) in [7, 11) is 4.82. The van der Waals surface area contributed by atoms with E-state index in [0.29, 0.717) is 61.6 Å². The van der Waals surface area contributed by atoms with E-state index in [1.807, 2.05) is 0 Å². The lowest BCUT2D eigenvalue weighted by Crippen LogP contribution is -2.52. The van der Waals surface area contributed by atoms with Crippen molar-refractivity contribution in [3.8, 4) is 0 Å². The smallest absolute Gasteiger partial charge is 0.266 e. The van der Waals surface area contributed by atoms with E-state index in [1.54, 1.807) is 37.1 Å². The van der Waals surface area contributed by atoms with Crippen LogP contribution in [0.4, 0.5) is 19.0 Å². The zero-order valence-corrected chi connectivity index (χ0v) is 22.0. The van der Waals surface area contributed by atoms with Crippen LogP contribution in [-0.4, -0.2) is 65.8 Å². The number of aryl methyl sites for hydroxylation is 1. The van der Waals surface area contributed by atoms with Gasteiger partial charge in [-0.05, 0) is 18.9 Å². The summed E-state index contributed by atoms with van der Waals surface area (Å²) in [4.78, 5) is 38.4. The molecule has 2 aromatic heterocycles. The van der Waals surface area contributed by atoms with Crippen LogP contribution < -0.4 is 10.5 Å². The molecule has 0 unspecified atom stereocenters. The lowest BCUT2D eigenvalue weighted by atomic mass is 9.83. The Hall–Kier alpha value is -3.51. The second-order valence-electron chi connectivity index (χ2n) is 10.1. The van der Waals surface area contributed by atoms with Crippen molar-refractivity contribution < 1.29 is 27.4 Å². The summed E-state index contributed by atoms with van der Waals surface area (Å²) in [5.41, 5.74) is -0.997. The zero-order chi connectivity index (χ0) is 27.9. The standard InChI is InChI=1S/C27H30F3N5O4/c1-33(12-16-5-4-6-18(21(16)28)22(29)30)23-19-11-20(26(37)34(2)24(19)32-15-31-23)27(38-3)7-9-35(10-8-27)25(36)17-13-39-14-17/h4-6,11,15,17,22H,7-10,12-14H2,1-3H3. The van der Waals surface area contributed by atoms with Gasteiger partial charge in [-0.2, -0.15) is 0 Å². The molecule has 39 heavy (non-hydrogen) atoms. The number of ether oxygens (including phenoxy) is 2. The molecule has 1 aromatic carbocycles. The maximum absolute atomic E-state index is 14.8. The third kappa shape index (κ3) is 4.76. The highest BCUT2D eigenvalue weighted by molar-refractivity contribution is 5.87. The number of alkyl halides is 2. The molecular weight excluding hydrogens is 515 g/mol. The van der Waals surface area contributed by atoms with E-state index in [2.05, 4.69) is 9.97 Å². The van der Waals surface area contributed by atoms with Gasteiger partial charge in [0, 0.05) is 46.4 Å². The molecule has 9 nitrogen and oxygen atoms in total. The number of hydrogen-bond acceptors (Lipinski definition) is 7. The molecule has 2 aliphatic heterocycles. The zero-order valence-electron chi connectivity index (χ0n) is 22.0. The minimum absolute atomic E-state index is 0.0337. The molecule has 2 fully saturated rings. The molecule has 4 heterocycles. The summed E-state index contributed by atoms with van der Waals surface area (Å²) >= 11 is 0. The second-order valence-corrected chi connectivity index (χ2v) is 10.1. The highest BCUT2D eigenvalue weighted by Crippen LogP contribution is 2.37. The summed E-state index contributed by atoms with van der Waals surface area (Å²) in [6, 6.07) is 5.61. The Morgan fingerprint density at radius 1 is 1.26 bits per heavy atom. The molecule has 5 rings (SSSR count). The van der Waals surface area contributed by atoms with E-state index in [-0.39, 0.29) is 29.5 Å². The predicted molar refractivity (Wildman–Crippen MR) is 137 cm³/mol. The number of hydrogen-bond donors (Lipinski definition) is 0. The molecule has 0 N–H and O–H groups in total. The number of piperidine rings is 1. The number of nitrogens with zero attached hydrogens (tertiary/aromatic N) is 5. The number of amides is 1. The number of halogens is 3. The van der Waals surface area contributed by atoms with E-state index >= 15 is 0 Å². The molecule has 3 aromatic rings. The topological polar surface area (TPSA) is 89.8 Å². The van der Waals surface area contributed by atoms with Crippen LogP contribution in [0.1, 0.15) is 36.0 Å². The fourth-order valence-corrected chi connectivity index (χ4v) is 5.42. The normalized spacial score (nSPS) is 17.5. The van der Waals surface area contributed by atoms with Crippen LogP contribution >= 0.6 is 0 Å². The Morgan fingerprint density at radius 2 is 1.97 bits per heavy atom. The Labute approximate surface area is 223 Å². The van der Waals surface area contributed by atoms with E-state index in [0.717, 1.165) is 6.07 Å². The highest BCUT2D eigenvalue weighted by atomic mass is 19.3. The van der Waals surface area contributed by atoms with Crippen molar-refractivity contribution in [2.75, 3.05) is 45.4 Å². The van der Waals surface area contributed by atoms with Crippen molar-refractivity contribution in [2.24, 2.45) is 13.0 Å². The third-order valence-corrected chi connectivity index (χ3v) is 7.85. The average Bonchev–Trinajstić information content (AvgIpc) is 2.90. The van der Waals surface area contributed by atoms with Gasteiger partial charge in [-0.3, -0.25) is 14.2 Å². The maximum atomic E-state index is 14.8. The van der Waals surface area contributed by atoms with Crippen LogP contribution in [0.3, 0.4) is 0 Å². The fraction of sp³-hybridized carbons (Fsp3) is 0.481. The van der Waals surface area contributed by atoms with Crippen LogP contribution in [0.2, 0.25) is 0 Å². The van der Waals surface area contributed by atoms with E-state index in [9.17, 15) is 22.8 Å². The van der Waals surface area contributed by atoms with Gasteiger partial charge in [0.2, 0.25) is 5.91 Å². The maximum Gasteiger partial charge on any atom is 0.266 e. The van der Waals surface area contributed by atoms with Gasteiger partial charge in [-0.15, -0.1) is 0 Å². The summed E-state index contributed by atoms with van der Waals surface area (Å²) in [5, 5.41) is 0.532. The molecule has 12 heteroatoms. The van der Waals surface area contributed by atoms with Crippen molar-refractivity contribution in [3.63, 3.8) is 0 Å². The van der Waals surface area contributed by atoms with Crippen LogP contribution in [-0.2, 0) is 33.5 Å². The number of fused-ring (bicyclic) bond motifs is 1. The Bertz CT molecular complexity index is 1450. The first-order chi connectivity index (χ1) is 18.7. The van der Waals surface area contributed by atoms with Gasteiger partial charge in [0.15, 0.2) is 0 Å². The first kappa shape index (κ1) is 27.1. The molecule has 208 valence electrons. The molecule has 1 amide bonds. The Balaban J connectivity index is 1.50. The van der Waals surface area contributed by atoms with Crippen LogP contribution in [0, 0.1) is 11.7 Å². The molecule has 0 atom stereocenters. The summed E-state index contributed by atoms with van der Waals surface area (Å²) in [6.45, 7) is 1.70. The largest absolute Gasteiger partial charge is 0.380 e. The molecule has 0 aliphatic carbocycles. The quantitative estimate of drug-likeness (QED) is 0.451. The van der Waals surface area contributed by atoms with Gasteiger partial charge in [0.05, 0.1) is 35.6 Å². The van der Waals surface area contributed by atoms with Crippen LogP contribution in [0.25, 0.3) is 11.0 Å². The number of anilines is 1. The minimum atomic E-state index is -2.93. The number of benzene rings is 1.